The van der Waals surface area contributed by atoms with E-state index in [-0.39, 0.29) is 24.5 Å². The van der Waals surface area contributed by atoms with Crippen molar-refractivity contribution >= 4 is 17.7 Å². The summed E-state index contributed by atoms with van der Waals surface area (Å²) >= 11 is 0. The molecule has 88 valence electrons. The maximum Gasteiger partial charge on any atom is 0.305 e. The van der Waals surface area contributed by atoms with Gasteiger partial charge in [-0.2, -0.15) is 0 Å². The van der Waals surface area contributed by atoms with Crippen molar-refractivity contribution in [3.05, 3.63) is 5.69 Å². The van der Waals surface area contributed by atoms with Gasteiger partial charge in [0.05, 0.1) is 6.42 Å². The van der Waals surface area contributed by atoms with Crippen LogP contribution >= 0.6 is 0 Å². The van der Waals surface area contributed by atoms with Crippen molar-refractivity contribution in [1.82, 2.24) is 15.2 Å². The summed E-state index contributed by atoms with van der Waals surface area (Å²) in [5.74, 6) is -1.56. The van der Waals surface area contributed by atoms with E-state index in [1.165, 1.54) is 4.90 Å². The molecule has 1 rings (SSSR count). The normalized spacial score (nSPS) is 10.1. The number of rotatable bonds is 5. The van der Waals surface area contributed by atoms with Gasteiger partial charge in [-0.25, -0.2) is 4.63 Å². The molecule has 0 aliphatic heterocycles. The molecule has 0 spiro atoms. The second-order valence-electron chi connectivity index (χ2n) is 3.03. The van der Waals surface area contributed by atoms with Crippen LogP contribution < -0.4 is 5.73 Å². The highest BCUT2D eigenvalue weighted by Gasteiger charge is 2.21. The highest BCUT2D eigenvalue weighted by molar-refractivity contribution is 5.96. The number of nitrogen functional groups attached to an aromatic ring is 1. The second-order valence-corrected chi connectivity index (χ2v) is 3.03. The Morgan fingerprint density at radius 3 is 2.62 bits per heavy atom. The maximum absolute atomic E-state index is 11.8. The van der Waals surface area contributed by atoms with E-state index in [1.807, 2.05) is 0 Å². The number of amides is 1. The van der Waals surface area contributed by atoms with Gasteiger partial charge in [-0.3, -0.25) is 9.59 Å². The summed E-state index contributed by atoms with van der Waals surface area (Å²) in [6.45, 7) is 2.18. The molecule has 1 amide bonds. The lowest BCUT2D eigenvalue weighted by Crippen LogP contribution is -2.33. The number of aromatic nitrogens is 2. The molecule has 0 atom stereocenters. The lowest BCUT2D eigenvalue weighted by molar-refractivity contribution is -0.137. The number of carbonyl (C=O) groups is 2. The van der Waals surface area contributed by atoms with Crippen LogP contribution in [0, 0.1) is 0 Å². The Balaban J connectivity index is 2.70. The minimum absolute atomic E-state index is 0.0905. The number of nitrogens with two attached hydrogens (primary N) is 1. The van der Waals surface area contributed by atoms with E-state index < -0.39 is 11.9 Å². The Morgan fingerprint density at radius 2 is 2.19 bits per heavy atom. The third-order valence-electron chi connectivity index (χ3n) is 1.98. The van der Waals surface area contributed by atoms with Crippen LogP contribution in [0.5, 0.6) is 0 Å². The van der Waals surface area contributed by atoms with E-state index >= 15 is 0 Å². The number of anilines is 1. The van der Waals surface area contributed by atoms with Gasteiger partial charge in [0.2, 0.25) is 11.5 Å². The van der Waals surface area contributed by atoms with Gasteiger partial charge in [0, 0.05) is 13.1 Å². The Morgan fingerprint density at radius 1 is 1.50 bits per heavy atom. The fraction of sp³-hybridized carbons (Fsp3) is 0.500. The molecule has 1 aromatic heterocycles. The lowest BCUT2D eigenvalue weighted by Gasteiger charge is -2.18. The summed E-state index contributed by atoms with van der Waals surface area (Å²) in [5.41, 5.74) is 5.27. The molecular formula is C8H12N4O4. The zero-order valence-corrected chi connectivity index (χ0v) is 8.71. The van der Waals surface area contributed by atoms with Crippen LogP contribution in [0.25, 0.3) is 0 Å². The van der Waals surface area contributed by atoms with Crippen molar-refractivity contribution in [2.75, 3.05) is 18.8 Å². The minimum Gasteiger partial charge on any atom is -0.481 e. The smallest absolute Gasteiger partial charge is 0.305 e. The van der Waals surface area contributed by atoms with E-state index in [1.54, 1.807) is 6.92 Å². The van der Waals surface area contributed by atoms with Crippen LogP contribution in [-0.2, 0) is 4.79 Å². The molecule has 0 fully saturated rings. The van der Waals surface area contributed by atoms with Gasteiger partial charge in [-0.15, -0.1) is 0 Å². The molecule has 16 heavy (non-hydrogen) atoms. The second kappa shape index (κ2) is 5.10. The van der Waals surface area contributed by atoms with Gasteiger partial charge in [-0.1, -0.05) is 0 Å². The van der Waals surface area contributed by atoms with Gasteiger partial charge in [-0.05, 0) is 17.2 Å². The zero-order chi connectivity index (χ0) is 12.1. The first-order chi connectivity index (χ1) is 7.56. The first-order valence-corrected chi connectivity index (χ1v) is 4.65. The minimum atomic E-state index is -0.975. The third-order valence-corrected chi connectivity index (χ3v) is 1.98. The number of carboxylic acids is 1. The summed E-state index contributed by atoms with van der Waals surface area (Å²) in [5, 5.41) is 15.2. The third kappa shape index (κ3) is 2.69. The zero-order valence-electron chi connectivity index (χ0n) is 8.71. The van der Waals surface area contributed by atoms with Gasteiger partial charge in [0.1, 0.15) is 0 Å². The van der Waals surface area contributed by atoms with Crippen LogP contribution in [0.3, 0.4) is 0 Å². The molecule has 0 unspecified atom stereocenters. The quantitative estimate of drug-likeness (QED) is 0.702. The number of hydrogen-bond acceptors (Lipinski definition) is 6. The van der Waals surface area contributed by atoms with Crippen LogP contribution in [0.2, 0.25) is 0 Å². The molecule has 0 radical (unpaired) electrons. The molecule has 3 N–H and O–H groups in total. The maximum atomic E-state index is 11.8. The van der Waals surface area contributed by atoms with Crippen LogP contribution in [0.1, 0.15) is 23.8 Å². The van der Waals surface area contributed by atoms with Crippen LogP contribution in [0.15, 0.2) is 4.63 Å². The van der Waals surface area contributed by atoms with E-state index in [4.69, 9.17) is 10.8 Å². The predicted molar refractivity (Wildman–Crippen MR) is 52.5 cm³/mol. The van der Waals surface area contributed by atoms with Crippen molar-refractivity contribution in [2.45, 2.75) is 13.3 Å². The molecule has 8 nitrogen and oxygen atoms in total. The molecule has 8 heteroatoms. The first-order valence-electron chi connectivity index (χ1n) is 4.65. The van der Waals surface area contributed by atoms with Gasteiger partial charge in [0.25, 0.3) is 5.91 Å². The highest BCUT2D eigenvalue weighted by atomic mass is 16.6. The summed E-state index contributed by atoms with van der Waals surface area (Å²) in [6, 6.07) is 0. The summed E-state index contributed by atoms with van der Waals surface area (Å²) in [6.07, 6.45) is -0.134. The molecule has 0 bridgehead atoms. The van der Waals surface area contributed by atoms with Crippen molar-refractivity contribution in [2.24, 2.45) is 0 Å². The summed E-state index contributed by atoms with van der Waals surface area (Å²) < 4.78 is 4.30. The molecule has 1 aromatic rings. The molecule has 1 heterocycles. The van der Waals surface area contributed by atoms with Crippen LogP contribution in [-0.4, -0.2) is 45.3 Å². The summed E-state index contributed by atoms with van der Waals surface area (Å²) in [7, 11) is 0. The molecule has 0 aliphatic rings. The van der Waals surface area contributed by atoms with Crippen LogP contribution in [0.4, 0.5) is 5.82 Å². The SMILES string of the molecule is CCN(CCC(=O)O)C(=O)c1nonc1N. The van der Waals surface area contributed by atoms with E-state index in [0.29, 0.717) is 6.54 Å². The predicted octanol–water partition coefficient (Wildman–Crippen LogP) is -0.411. The monoisotopic (exact) mass is 228 g/mol. The highest BCUT2D eigenvalue weighted by Crippen LogP contribution is 2.08. The van der Waals surface area contributed by atoms with Crippen molar-refractivity contribution < 1.29 is 19.3 Å². The van der Waals surface area contributed by atoms with Crippen molar-refractivity contribution in [3.63, 3.8) is 0 Å². The Labute approximate surface area is 91.0 Å². The average Bonchev–Trinajstić information content (AvgIpc) is 2.64. The Hall–Kier alpha value is -2.12. The van der Waals surface area contributed by atoms with Gasteiger partial charge < -0.3 is 15.7 Å². The Kier molecular flexibility index (Phi) is 3.81. The number of carbonyl (C=O) groups excluding carboxylic acids is 1. The van der Waals surface area contributed by atoms with E-state index in [0.717, 1.165) is 0 Å². The molecule has 0 saturated heterocycles. The molecule has 0 saturated carbocycles. The fourth-order valence-corrected chi connectivity index (χ4v) is 1.13. The molecule has 0 aromatic carbocycles. The fourth-order valence-electron chi connectivity index (χ4n) is 1.13. The topological polar surface area (TPSA) is 123 Å². The molecular weight excluding hydrogens is 216 g/mol. The van der Waals surface area contributed by atoms with Gasteiger partial charge >= 0.3 is 5.97 Å². The number of hydrogen-bond donors (Lipinski definition) is 2. The first kappa shape index (κ1) is 12.0. The van der Waals surface area contributed by atoms with Gasteiger partial charge in [0.15, 0.2) is 0 Å². The number of nitrogens with zero attached hydrogens (tertiary/aromatic N) is 3. The largest absolute Gasteiger partial charge is 0.481 e. The Bertz CT molecular complexity index is 389. The van der Waals surface area contributed by atoms with Crippen molar-refractivity contribution in [3.8, 4) is 0 Å². The average molecular weight is 228 g/mol. The van der Waals surface area contributed by atoms with E-state index in [9.17, 15) is 9.59 Å². The lowest BCUT2D eigenvalue weighted by atomic mass is 10.3. The number of aliphatic carboxylic acids is 1. The molecule has 0 aliphatic carbocycles. The van der Waals surface area contributed by atoms with E-state index in [2.05, 4.69) is 14.9 Å². The number of carboxylic acid groups (broad SMARTS) is 1. The van der Waals surface area contributed by atoms with Crippen molar-refractivity contribution in [1.29, 1.82) is 0 Å². The standard InChI is InChI=1S/C8H12N4O4/c1-2-12(4-3-5(13)14)8(15)6-7(9)11-16-10-6/h2-4H2,1H3,(H2,9,11)(H,13,14). The summed E-state index contributed by atoms with van der Waals surface area (Å²) in [4.78, 5) is 23.5.